The van der Waals surface area contributed by atoms with E-state index in [9.17, 15) is 0 Å². The number of nitrogens with zero attached hydrogens (tertiary/aromatic N) is 7. The van der Waals surface area contributed by atoms with Crippen molar-refractivity contribution < 1.29 is 4.74 Å². The molecular formula is C16H19N7O. The molecule has 4 heterocycles. The number of hydrogen-bond donors (Lipinski definition) is 0. The first-order chi connectivity index (χ1) is 11.8. The van der Waals surface area contributed by atoms with E-state index in [1.54, 1.807) is 26.0 Å². The smallest absolute Gasteiger partial charge is 0.217 e. The van der Waals surface area contributed by atoms with Crippen LogP contribution in [0.3, 0.4) is 0 Å². The summed E-state index contributed by atoms with van der Waals surface area (Å²) in [5, 5.41) is 4.16. The van der Waals surface area contributed by atoms with Crippen molar-refractivity contribution in [1.29, 1.82) is 0 Å². The van der Waals surface area contributed by atoms with Crippen molar-refractivity contribution in [2.24, 2.45) is 0 Å². The third-order valence-electron chi connectivity index (χ3n) is 4.25. The Hall–Kier alpha value is -2.74. The Morgan fingerprint density at radius 1 is 1.21 bits per heavy atom. The average Bonchev–Trinajstić information content (AvgIpc) is 3.26. The molecule has 0 aromatic carbocycles. The third kappa shape index (κ3) is 2.88. The number of ether oxygens (including phenoxy) is 1. The topological polar surface area (TPSA) is 73.9 Å². The van der Waals surface area contributed by atoms with Crippen LogP contribution in [0.25, 0.3) is 0 Å². The first kappa shape index (κ1) is 14.8. The summed E-state index contributed by atoms with van der Waals surface area (Å²) in [4.78, 5) is 15.2. The van der Waals surface area contributed by atoms with Crippen LogP contribution in [-0.4, -0.2) is 47.9 Å². The van der Waals surface area contributed by atoms with Crippen LogP contribution in [-0.2, 0) is 26.2 Å². The molecule has 0 aliphatic carbocycles. The van der Waals surface area contributed by atoms with E-state index in [0.29, 0.717) is 12.4 Å². The lowest BCUT2D eigenvalue weighted by Crippen LogP contribution is -2.34. The zero-order valence-corrected chi connectivity index (χ0v) is 13.5. The van der Waals surface area contributed by atoms with Crippen LogP contribution in [0, 0.1) is 0 Å². The van der Waals surface area contributed by atoms with Crippen LogP contribution >= 0.6 is 0 Å². The number of fused-ring (bicyclic) bond motifs is 1. The van der Waals surface area contributed by atoms with Gasteiger partial charge in [0.25, 0.3) is 0 Å². The van der Waals surface area contributed by atoms with Gasteiger partial charge in [-0.15, -0.1) is 0 Å². The molecule has 0 unspecified atom stereocenters. The number of rotatable bonds is 5. The van der Waals surface area contributed by atoms with Crippen molar-refractivity contribution in [2.45, 2.75) is 26.2 Å². The number of hydrogen-bond acceptors (Lipinski definition) is 6. The summed E-state index contributed by atoms with van der Waals surface area (Å²) >= 11 is 0. The van der Waals surface area contributed by atoms with Gasteiger partial charge in [-0.25, -0.2) is 19.6 Å². The van der Waals surface area contributed by atoms with Crippen LogP contribution < -0.4 is 4.74 Å². The predicted molar refractivity (Wildman–Crippen MR) is 86.3 cm³/mol. The molecule has 1 aliphatic rings. The van der Waals surface area contributed by atoms with Crippen LogP contribution in [0.1, 0.15) is 17.1 Å². The summed E-state index contributed by atoms with van der Waals surface area (Å²) < 4.78 is 9.44. The van der Waals surface area contributed by atoms with Crippen LogP contribution in [0.5, 0.6) is 5.88 Å². The van der Waals surface area contributed by atoms with Crippen molar-refractivity contribution in [3.63, 3.8) is 0 Å². The van der Waals surface area contributed by atoms with Gasteiger partial charge in [-0.05, 0) is 6.07 Å². The van der Waals surface area contributed by atoms with Gasteiger partial charge in [-0.1, -0.05) is 6.07 Å². The number of methoxy groups -OCH3 is 1. The van der Waals surface area contributed by atoms with E-state index in [1.165, 1.54) is 0 Å². The molecule has 3 aromatic rings. The van der Waals surface area contributed by atoms with Gasteiger partial charge in [0.2, 0.25) is 5.88 Å². The highest BCUT2D eigenvalue weighted by Crippen LogP contribution is 2.20. The molecule has 0 N–H and O–H groups in total. The number of aromatic nitrogens is 6. The number of pyridine rings is 1. The zero-order valence-electron chi connectivity index (χ0n) is 13.5. The molecular weight excluding hydrogens is 306 g/mol. The highest BCUT2D eigenvalue weighted by atomic mass is 16.5. The van der Waals surface area contributed by atoms with Gasteiger partial charge in [0.05, 0.1) is 32.1 Å². The minimum atomic E-state index is 0.693. The van der Waals surface area contributed by atoms with Crippen molar-refractivity contribution in [3.05, 3.63) is 54.3 Å². The first-order valence-corrected chi connectivity index (χ1v) is 7.89. The molecule has 0 saturated carbocycles. The Labute approximate surface area is 139 Å². The zero-order chi connectivity index (χ0) is 16.4. The molecule has 0 amide bonds. The Balaban J connectivity index is 1.47. The van der Waals surface area contributed by atoms with Crippen molar-refractivity contribution in [1.82, 2.24) is 34.2 Å². The Kier molecular flexibility index (Phi) is 3.96. The molecule has 0 fully saturated rings. The highest BCUT2D eigenvalue weighted by molar-refractivity contribution is 5.25. The molecule has 0 saturated heterocycles. The van der Waals surface area contributed by atoms with Crippen molar-refractivity contribution >= 4 is 0 Å². The van der Waals surface area contributed by atoms with E-state index in [-0.39, 0.29) is 0 Å². The third-order valence-corrected chi connectivity index (χ3v) is 4.25. The molecule has 3 aromatic heterocycles. The first-order valence-electron chi connectivity index (χ1n) is 7.89. The lowest BCUT2D eigenvalue weighted by atomic mass is 10.2. The molecule has 8 heteroatoms. The molecule has 4 rings (SSSR count). The van der Waals surface area contributed by atoms with E-state index in [0.717, 1.165) is 43.3 Å². The van der Waals surface area contributed by atoms with Crippen molar-refractivity contribution in [2.75, 3.05) is 13.7 Å². The van der Waals surface area contributed by atoms with Gasteiger partial charge < -0.3 is 9.30 Å². The average molecular weight is 325 g/mol. The van der Waals surface area contributed by atoms with Crippen molar-refractivity contribution in [3.8, 4) is 5.88 Å². The molecule has 1 aliphatic heterocycles. The number of imidazole rings is 1. The fourth-order valence-electron chi connectivity index (χ4n) is 3.08. The molecule has 124 valence electrons. The van der Waals surface area contributed by atoms with Gasteiger partial charge in [0, 0.05) is 31.4 Å². The van der Waals surface area contributed by atoms with E-state index in [1.807, 2.05) is 16.9 Å². The van der Waals surface area contributed by atoms with Gasteiger partial charge in [-0.2, -0.15) is 5.10 Å². The maximum Gasteiger partial charge on any atom is 0.217 e. The standard InChI is InChI=1S/C16H19N7O/c1-24-16-13(3-2-4-18-16)8-21-5-6-23-14(7-19-15(23)10-21)9-22-12-17-11-20-22/h2-4,7,11-12H,5-6,8-10H2,1H3. The van der Waals surface area contributed by atoms with Gasteiger partial charge >= 0.3 is 0 Å². The predicted octanol–water partition coefficient (Wildman–Crippen LogP) is 0.942. The van der Waals surface area contributed by atoms with Gasteiger partial charge in [0.1, 0.15) is 18.5 Å². The lowest BCUT2D eigenvalue weighted by molar-refractivity contribution is 0.203. The van der Waals surface area contributed by atoms with E-state index in [4.69, 9.17) is 4.74 Å². The van der Waals surface area contributed by atoms with Gasteiger partial charge in [-0.3, -0.25) is 4.90 Å². The Bertz CT molecular complexity index is 812. The monoisotopic (exact) mass is 325 g/mol. The summed E-state index contributed by atoms with van der Waals surface area (Å²) in [6.07, 6.45) is 6.97. The van der Waals surface area contributed by atoms with E-state index in [2.05, 4.69) is 35.6 Å². The van der Waals surface area contributed by atoms with Crippen LogP contribution in [0.4, 0.5) is 0 Å². The Morgan fingerprint density at radius 2 is 2.17 bits per heavy atom. The minimum absolute atomic E-state index is 0.693. The second-order valence-corrected chi connectivity index (χ2v) is 5.79. The summed E-state index contributed by atoms with van der Waals surface area (Å²) in [5.41, 5.74) is 2.26. The molecule has 0 atom stereocenters. The molecule has 0 radical (unpaired) electrons. The maximum absolute atomic E-state index is 5.34. The SMILES string of the molecule is COc1ncccc1CN1CCn2c(Cn3cncn3)cnc2C1. The summed E-state index contributed by atoms with van der Waals surface area (Å²) in [6, 6.07) is 4.00. The summed E-state index contributed by atoms with van der Waals surface area (Å²) in [5.74, 6) is 1.78. The largest absolute Gasteiger partial charge is 0.481 e. The van der Waals surface area contributed by atoms with E-state index < -0.39 is 0 Å². The fraction of sp³-hybridized carbons (Fsp3) is 0.375. The fourth-order valence-corrected chi connectivity index (χ4v) is 3.08. The quantitative estimate of drug-likeness (QED) is 0.695. The lowest BCUT2D eigenvalue weighted by Gasteiger charge is -2.28. The van der Waals surface area contributed by atoms with Crippen LogP contribution in [0.2, 0.25) is 0 Å². The second-order valence-electron chi connectivity index (χ2n) is 5.79. The minimum Gasteiger partial charge on any atom is -0.481 e. The summed E-state index contributed by atoms with van der Waals surface area (Å²) in [7, 11) is 1.66. The maximum atomic E-state index is 5.34. The van der Waals surface area contributed by atoms with E-state index >= 15 is 0 Å². The normalized spacial score (nSPS) is 14.5. The van der Waals surface area contributed by atoms with Gasteiger partial charge in [0.15, 0.2) is 0 Å². The van der Waals surface area contributed by atoms with Crippen LogP contribution in [0.15, 0.2) is 37.2 Å². The summed E-state index contributed by atoms with van der Waals surface area (Å²) in [6.45, 7) is 4.20. The molecule has 24 heavy (non-hydrogen) atoms. The molecule has 8 nitrogen and oxygen atoms in total. The molecule has 0 spiro atoms. The second kappa shape index (κ2) is 6.40. The highest BCUT2D eigenvalue weighted by Gasteiger charge is 2.21. The Morgan fingerprint density at radius 3 is 3.00 bits per heavy atom. The molecule has 0 bridgehead atoms.